The maximum atomic E-state index is 5.75. The van der Waals surface area contributed by atoms with Crippen molar-refractivity contribution in [1.82, 2.24) is 9.97 Å². The highest BCUT2D eigenvalue weighted by molar-refractivity contribution is 5.66. The molecule has 3 rings (SSSR count). The minimum atomic E-state index is 0.418. The maximum Gasteiger partial charge on any atom is 0.156 e. The standard InChI is InChI=1S/C14H16N4/c15-10-12-14(17-8-7-16-12)18-9-3-5-11-4-1-2-6-13(11)18/h1-2,4,6-8H,3,5,9-10,15H2. The van der Waals surface area contributed by atoms with Gasteiger partial charge in [-0.05, 0) is 24.5 Å². The van der Waals surface area contributed by atoms with Gasteiger partial charge in [-0.3, -0.25) is 4.98 Å². The van der Waals surface area contributed by atoms with Crippen molar-refractivity contribution in [3.63, 3.8) is 0 Å². The summed E-state index contributed by atoms with van der Waals surface area (Å²) in [4.78, 5) is 11.0. The lowest BCUT2D eigenvalue weighted by molar-refractivity contribution is 0.751. The first-order valence-electron chi connectivity index (χ1n) is 6.25. The van der Waals surface area contributed by atoms with Gasteiger partial charge < -0.3 is 10.6 Å². The fourth-order valence-corrected chi connectivity index (χ4v) is 2.48. The second kappa shape index (κ2) is 4.74. The molecule has 2 heterocycles. The smallest absolute Gasteiger partial charge is 0.156 e. The first-order valence-corrected chi connectivity index (χ1v) is 6.25. The lowest BCUT2D eigenvalue weighted by Crippen LogP contribution is -2.27. The summed E-state index contributed by atoms with van der Waals surface area (Å²) in [5.74, 6) is 0.896. The number of hydrogen-bond donors (Lipinski definition) is 1. The quantitative estimate of drug-likeness (QED) is 0.872. The van der Waals surface area contributed by atoms with E-state index in [4.69, 9.17) is 5.73 Å². The van der Waals surface area contributed by atoms with Crippen LogP contribution < -0.4 is 10.6 Å². The first-order chi connectivity index (χ1) is 8.90. The molecular formula is C14H16N4. The highest BCUT2D eigenvalue weighted by Crippen LogP contribution is 2.32. The normalized spacial score (nSPS) is 14.4. The van der Waals surface area contributed by atoms with E-state index in [1.165, 1.54) is 11.3 Å². The molecule has 1 aliphatic heterocycles. The van der Waals surface area contributed by atoms with E-state index in [0.717, 1.165) is 30.9 Å². The SMILES string of the molecule is NCc1nccnc1N1CCCc2ccccc21. The van der Waals surface area contributed by atoms with Crippen LogP contribution in [0.5, 0.6) is 0 Å². The molecule has 0 bridgehead atoms. The lowest BCUT2D eigenvalue weighted by Gasteiger charge is -2.31. The largest absolute Gasteiger partial charge is 0.325 e. The van der Waals surface area contributed by atoms with E-state index in [1.54, 1.807) is 12.4 Å². The number of aryl methyl sites for hydroxylation is 1. The van der Waals surface area contributed by atoms with Crippen molar-refractivity contribution in [2.24, 2.45) is 5.73 Å². The Kier molecular flexibility index (Phi) is 2.94. The van der Waals surface area contributed by atoms with Crippen molar-refractivity contribution in [3.8, 4) is 0 Å². The molecule has 2 aromatic rings. The summed E-state index contributed by atoms with van der Waals surface area (Å²) in [6.45, 7) is 1.39. The molecule has 0 spiro atoms. The van der Waals surface area contributed by atoms with Gasteiger partial charge in [0.1, 0.15) is 0 Å². The Morgan fingerprint density at radius 1 is 1.17 bits per heavy atom. The number of anilines is 2. The lowest BCUT2D eigenvalue weighted by atomic mass is 10.0. The molecule has 2 N–H and O–H groups in total. The van der Waals surface area contributed by atoms with Crippen molar-refractivity contribution in [1.29, 1.82) is 0 Å². The molecule has 0 saturated heterocycles. The molecular weight excluding hydrogens is 224 g/mol. The van der Waals surface area contributed by atoms with E-state index in [1.807, 2.05) is 0 Å². The Hall–Kier alpha value is -1.94. The zero-order valence-corrected chi connectivity index (χ0v) is 10.2. The van der Waals surface area contributed by atoms with Crippen molar-refractivity contribution in [3.05, 3.63) is 47.9 Å². The highest BCUT2D eigenvalue weighted by atomic mass is 15.2. The number of nitrogens with two attached hydrogens (primary N) is 1. The summed E-state index contributed by atoms with van der Waals surface area (Å²) < 4.78 is 0. The molecule has 0 amide bonds. The van der Waals surface area contributed by atoms with Gasteiger partial charge in [0.15, 0.2) is 5.82 Å². The topological polar surface area (TPSA) is 55.0 Å². The molecule has 0 radical (unpaired) electrons. The molecule has 0 unspecified atom stereocenters. The molecule has 0 atom stereocenters. The average Bonchev–Trinajstić information content (AvgIpc) is 2.46. The molecule has 18 heavy (non-hydrogen) atoms. The average molecular weight is 240 g/mol. The van der Waals surface area contributed by atoms with Crippen LogP contribution in [-0.2, 0) is 13.0 Å². The fraction of sp³-hybridized carbons (Fsp3) is 0.286. The third-order valence-corrected chi connectivity index (χ3v) is 3.31. The molecule has 4 heteroatoms. The summed E-state index contributed by atoms with van der Waals surface area (Å²) in [6.07, 6.45) is 5.69. The predicted molar refractivity (Wildman–Crippen MR) is 71.7 cm³/mol. The first kappa shape index (κ1) is 11.2. The molecule has 92 valence electrons. The van der Waals surface area contributed by atoms with Crippen LogP contribution in [0.1, 0.15) is 17.7 Å². The Labute approximate surface area is 106 Å². The molecule has 1 aliphatic rings. The summed E-state index contributed by atoms with van der Waals surface area (Å²) in [5.41, 5.74) is 9.21. The van der Waals surface area contributed by atoms with Crippen molar-refractivity contribution in [2.45, 2.75) is 19.4 Å². The Bertz CT molecular complexity index is 553. The minimum absolute atomic E-state index is 0.418. The van der Waals surface area contributed by atoms with Gasteiger partial charge in [0.2, 0.25) is 0 Å². The van der Waals surface area contributed by atoms with Crippen LogP contribution in [0.3, 0.4) is 0 Å². The minimum Gasteiger partial charge on any atom is -0.325 e. The Balaban J connectivity index is 2.08. The molecule has 0 aliphatic carbocycles. The molecule has 1 aromatic carbocycles. The monoisotopic (exact) mass is 240 g/mol. The summed E-state index contributed by atoms with van der Waals surface area (Å²) in [6, 6.07) is 8.47. The van der Waals surface area contributed by atoms with Crippen LogP contribution in [0.2, 0.25) is 0 Å². The van der Waals surface area contributed by atoms with Gasteiger partial charge >= 0.3 is 0 Å². The second-order valence-electron chi connectivity index (χ2n) is 4.41. The van der Waals surface area contributed by atoms with Gasteiger partial charge in [-0.1, -0.05) is 18.2 Å². The van der Waals surface area contributed by atoms with E-state index in [-0.39, 0.29) is 0 Å². The van der Waals surface area contributed by atoms with E-state index >= 15 is 0 Å². The van der Waals surface area contributed by atoms with Gasteiger partial charge in [-0.15, -0.1) is 0 Å². The van der Waals surface area contributed by atoms with Crippen LogP contribution in [0.15, 0.2) is 36.7 Å². The number of aromatic nitrogens is 2. The number of benzene rings is 1. The summed E-state index contributed by atoms with van der Waals surface area (Å²) >= 11 is 0. The van der Waals surface area contributed by atoms with Gasteiger partial charge in [0.25, 0.3) is 0 Å². The Morgan fingerprint density at radius 3 is 2.89 bits per heavy atom. The van der Waals surface area contributed by atoms with E-state index in [0.29, 0.717) is 6.54 Å². The number of rotatable bonds is 2. The summed E-state index contributed by atoms with van der Waals surface area (Å²) in [7, 11) is 0. The number of nitrogens with zero attached hydrogens (tertiary/aromatic N) is 3. The van der Waals surface area contributed by atoms with Crippen LogP contribution in [0, 0.1) is 0 Å². The summed E-state index contributed by atoms with van der Waals surface area (Å²) in [5, 5.41) is 0. The molecule has 1 aromatic heterocycles. The van der Waals surface area contributed by atoms with Crippen LogP contribution in [-0.4, -0.2) is 16.5 Å². The van der Waals surface area contributed by atoms with Crippen LogP contribution in [0.25, 0.3) is 0 Å². The van der Waals surface area contributed by atoms with Crippen molar-refractivity contribution >= 4 is 11.5 Å². The molecule has 0 saturated carbocycles. The van der Waals surface area contributed by atoms with Crippen LogP contribution >= 0.6 is 0 Å². The van der Waals surface area contributed by atoms with E-state index < -0.39 is 0 Å². The zero-order valence-electron chi connectivity index (χ0n) is 10.2. The molecule has 0 fully saturated rings. The zero-order chi connectivity index (χ0) is 12.4. The maximum absolute atomic E-state index is 5.75. The number of para-hydroxylation sites is 1. The van der Waals surface area contributed by atoms with Gasteiger partial charge in [0.05, 0.1) is 5.69 Å². The third-order valence-electron chi connectivity index (χ3n) is 3.31. The van der Waals surface area contributed by atoms with Gasteiger partial charge in [0, 0.05) is 31.2 Å². The number of fused-ring (bicyclic) bond motifs is 1. The predicted octanol–water partition coefficient (Wildman–Crippen LogP) is 2.02. The van der Waals surface area contributed by atoms with Gasteiger partial charge in [-0.25, -0.2) is 4.98 Å². The highest BCUT2D eigenvalue weighted by Gasteiger charge is 2.20. The second-order valence-corrected chi connectivity index (χ2v) is 4.41. The third kappa shape index (κ3) is 1.84. The van der Waals surface area contributed by atoms with Gasteiger partial charge in [-0.2, -0.15) is 0 Å². The van der Waals surface area contributed by atoms with Crippen LogP contribution in [0.4, 0.5) is 11.5 Å². The van der Waals surface area contributed by atoms with E-state index in [2.05, 4.69) is 39.1 Å². The Morgan fingerprint density at radius 2 is 2.00 bits per heavy atom. The van der Waals surface area contributed by atoms with E-state index in [9.17, 15) is 0 Å². The fourth-order valence-electron chi connectivity index (χ4n) is 2.48. The van der Waals surface area contributed by atoms with Crippen molar-refractivity contribution < 1.29 is 0 Å². The molecule has 4 nitrogen and oxygen atoms in total. The number of hydrogen-bond acceptors (Lipinski definition) is 4. The van der Waals surface area contributed by atoms with Crippen molar-refractivity contribution in [2.75, 3.05) is 11.4 Å².